The lowest BCUT2D eigenvalue weighted by atomic mass is 10.1. The molecule has 0 saturated heterocycles. The van der Waals surface area contributed by atoms with Crippen molar-refractivity contribution in [2.45, 2.75) is 33.6 Å². The van der Waals surface area contributed by atoms with E-state index in [9.17, 15) is 4.79 Å². The first kappa shape index (κ1) is 14.3. The van der Waals surface area contributed by atoms with E-state index in [-0.39, 0.29) is 5.56 Å². The fourth-order valence-corrected chi connectivity index (χ4v) is 2.08. The molecule has 0 aliphatic rings. The van der Waals surface area contributed by atoms with Crippen molar-refractivity contribution in [1.82, 2.24) is 9.38 Å². The van der Waals surface area contributed by atoms with Crippen LogP contribution in [-0.4, -0.2) is 16.0 Å². The van der Waals surface area contributed by atoms with Gasteiger partial charge in [-0.3, -0.25) is 9.20 Å². The summed E-state index contributed by atoms with van der Waals surface area (Å²) in [5, 5.41) is 0. The number of aryl methyl sites for hydroxylation is 2. The molecule has 2 aromatic heterocycles. The fourth-order valence-electron chi connectivity index (χ4n) is 2.08. The van der Waals surface area contributed by atoms with Gasteiger partial charge in [-0.15, -0.1) is 0 Å². The van der Waals surface area contributed by atoms with Crippen LogP contribution in [0.2, 0.25) is 0 Å². The van der Waals surface area contributed by atoms with Crippen molar-refractivity contribution in [3.8, 4) is 0 Å². The van der Waals surface area contributed by atoms with E-state index >= 15 is 0 Å². The maximum Gasteiger partial charge on any atom is 0.258 e. The predicted molar refractivity (Wildman–Crippen MR) is 80.8 cm³/mol. The van der Waals surface area contributed by atoms with Gasteiger partial charge in [0.15, 0.2) is 5.65 Å². The molecule has 0 unspecified atom stereocenters. The van der Waals surface area contributed by atoms with E-state index in [2.05, 4.69) is 18.5 Å². The molecule has 0 spiro atoms. The SMILES string of the molecule is C=C(OCCCC)c1cc(C)cn2c(=O)cc(C)nc12. The molecule has 0 fully saturated rings. The molecule has 0 aromatic carbocycles. The summed E-state index contributed by atoms with van der Waals surface area (Å²) in [4.78, 5) is 16.5. The Balaban J connectivity index is 2.52. The van der Waals surface area contributed by atoms with Crippen molar-refractivity contribution in [2.24, 2.45) is 0 Å². The Morgan fingerprint density at radius 3 is 2.85 bits per heavy atom. The first-order chi connectivity index (χ1) is 9.52. The second kappa shape index (κ2) is 5.90. The van der Waals surface area contributed by atoms with Crippen LogP contribution in [0.4, 0.5) is 0 Å². The van der Waals surface area contributed by atoms with Crippen LogP contribution >= 0.6 is 0 Å². The fraction of sp³-hybridized carbons (Fsp3) is 0.375. The quantitative estimate of drug-likeness (QED) is 0.620. The van der Waals surface area contributed by atoms with Gasteiger partial charge in [0.1, 0.15) is 5.76 Å². The Kier molecular flexibility index (Phi) is 4.23. The summed E-state index contributed by atoms with van der Waals surface area (Å²) in [6.07, 6.45) is 3.83. The van der Waals surface area contributed by atoms with E-state index in [1.807, 2.05) is 19.9 Å². The molecule has 4 heteroatoms. The minimum Gasteiger partial charge on any atom is -0.493 e. The molecule has 0 radical (unpaired) electrons. The largest absolute Gasteiger partial charge is 0.493 e. The van der Waals surface area contributed by atoms with Crippen molar-refractivity contribution in [1.29, 1.82) is 0 Å². The summed E-state index contributed by atoms with van der Waals surface area (Å²) in [5.74, 6) is 0.567. The topological polar surface area (TPSA) is 43.6 Å². The summed E-state index contributed by atoms with van der Waals surface area (Å²) < 4.78 is 7.21. The van der Waals surface area contributed by atoms with Crippen LogP contribution in [0.25, 0.3) is 11.4 Å². The Hall–Kier alpha value is -2.10. The lowest BCUT2D eigenvalue weighted by Gasteiger charge is -2.13. The molecule has 20 heavy (non-hydrogen) atoms. The average Bonchev–Trinajstić information content (AvgIpc) is 2.39. The molecule has 0 bridgehead atoms. The van der Waals surface area contributed by atoms with Gasteiger partial charge in [0.2, 0.25) is 0 Å². The summed E-state index contributed by atoms with van der Waals surface area (Å²) in [7, 11) is 0. The van der Waals surface area contributed by atoms with E-state index < -0.39 is 0 Å². The number of rotatable bonds is 5. The molecule has 0 aliphatic carbocycles. The molecule has 0 atom stereocenters. The third kappa shape index (κ3) is 2.90. The molecule has 2 aromatic rings. The molecular weight excluding hydrogens is 252 g/mol. The summed E-state index contributed by atoms with van der Waals surface area (Å²) in [6, 6.07) is 3.48. The van der Waals surface area contributed by atoms with Gasteiger partial charge in [-0.25, -0.2) is 4.98 Å². The van der Waals surface area contributed by atoms with Gasteiger partial charge in [-0.2, -0.15) is 0 Å². The van der Waals surface area contributed by atoms with E-state index in [1.54, 1.807) is 10.6 Å². The molecule has 0 amide bonds. The van der Waals surface area contributed by atoms with Crippen LogP contribution < -0.4 is 5.56 Å². The Bertz CT molecular complexity index is 701. The van der Waals surface area contributed by atoms with E-state index in [4.69, 9.17) is 4.74 Å². The van der Waals surface area contributed by atoms with E-state index in [0.717, 1.165) is 24.0 Å². The number of hydrogen-bond acceptors (Lipinski definition) is 3. The van der Waals surface area contributed by atoms with Crippen LogP contribution in [0.3, 0.4) is 0 Å². The first-order valence-corrected chi connectivity index (χ1v) is 6.85. The summed E-state index contributed by atoms with van der Waals surface area (Å²) in [6.45, 7) is 10.5. The van der Waals surface area contributed by atoms with Crippen LogP contribution in [0.5, 0.6) is 0 Å². The summed E-state index contributed by atoms with van der Waals surface area (Å²) >= 11 is 0. The highest BCUT2D eigenvalue weighted by atomic mass is 16.5. The summed E-state index contributed by atoms with van der Waals surface area (Å²) in [5.41, 5.74) is 2.96. The normalized spacial score (nSPS) is 10.8. The van der Waals surface area contributed by atoms with Gasteiger partial charge in [0.05, 0.1) is 12.2 Å². The van der Waals surface area contributed by atoms with Crippen LogP contribution in [-0.2, 0) is 4.74 Å². The van der Waals surface area contributed by atoms with Crippen molar-refractivity contribution >= 4 is 11.4 Å². The second-order valence-electron chi connectivity index (χ2n) is 4.99. The van der Waals surface area contributed by atoms with Gasteiger partial charge in [-0.1, -0.05) is 19.9 Å². The molecule has 0 aliphatic heterocycles. The van der Waals surface area contributed by atoms with Gasteiger partial charge < -0.3 is 4.74 Å². The minimum absolute atomic E-state index is 0.0844. The standard InChI is InChI=1S/C16H20N2O2/c1-5-6-7-20-13(4)14-8-11(2)10-18-15(19)9-12(3)17-16(14)18/h8-10H,4-7H2,1-3H3. The number of fused-ring (bicyclic) bond motifs is 1. The van der Waals surface area contributed by atoms with Gasteiger partial charge in [0, 0.05) is 18.0 Å². The third-order valence-electron chi connectivity index (χ3n) is 3.10. The second-order valence-corrected chi connectivity index (χ2v) is 4.99. The zero-order valence-electron chi connectivity index (χ0n) is 12.3. The molecule has 106 valence electrons. The minimum atomic E-state index is -0.0844. The number of aromatic nitrogens is 2. The maximum atomic E-state index is 12.0. The highest BCUT2D eigenvalue weighted by Gasteiger charge is 2.10. The van der Waals surface area contributed by atoms with Gasteiger partial charge >= 0.3 is 0 Å². The highest BCUT2D eigenvalue weighted by Crippen LogP contribution is 2.20. The van der Waals surface area contributed by atoms with Gasteiger partial charge in [-0.05, 0) is 31.9 Å². The molecule has 2 rings (SSSR count). The number of pyridine rings is 1. The Morgan fingerprint density at radius 2 is 2.15 bits per heavy atom. The molecule has 0 saturated carbocycles. The third-order valence-corrected chi connectivity index (χ3v) is 3.10. The lowest BCUT2D eigenvalue weighted by molar-refractivity contribution is 0.271. The van der Waals surface area contributed by atoms with Crippen LogP contribution in [0.1, 0.15) is 36.6 Å². The Labute approximate surface area is 118 Å². The monoisotopic (exact) mass is 272 g/mol. The Morgan fingerprint density at radius 1 is 1.40 bits per heavy atom. The zero-order valence-corrected chi connectivity index (χ0v) is 12.3. The number of ether oxygens (including phenoxy) is 1. The van der Waals surface area contributed by atoms with Crippen molar-refractivity contribution in [3.63, 3.8) is 0 Å². The molecule has 2 heterocycles. The van der Waals surface area contributed by atoms with Gasteiger partial charge in [0.25, 0.3) is 5.56 Å². The van der Waals surface area contributed by atoms with Crippen molar-refractivity contribution in [2.75, 3.05) is 6.61 Å². The van der Waals surface area contributed by atoms with E-state index in [1.165, 1.54) is 6.07 Å². The number of unbranched alkanes of at least 4 members (excludes halogenated alkanes) is 1. The maximum absolute atomic E-state index is 12.0. The zero-order chi connectivity index (χ0) is 14.7. The van der Waals surface area contributed by atoms with Crippen LogP contribution in [0, 0.1) is 13.8 Å². The average molecular weight is 272 g/mol. The van der Waals surface area contributed by atoms with Crippen LogP contribution in [0.15, 0.2) is 29.7 Å². The molecule has 0 N–H and O–H groups in total. The predicted octanol–water partition coefficient (Wildman–Crippen LogP) is 3.10. The first-order valence-electron chi connectivity index (χ1n) is 6.85. The van der Waals surface area contributed by atoms with Crippen molar-refractivity contribution in [3.05, 3.63) is 52.1 Å². The van der Waals surface area contributed by atoms with E-state index in [0.29, 0.717) is 23.7 Å². The smallest absolute Gasteiger partial charge is 0.258 e. The molecule has 4 nitrogen and oxygen atoms in total. The highest BCUT2D eigenvalue weighted by molar-refractivity contribution is 5.71. The number of nitrogens with zero attached hydrogens (tertiary/aromatic N) is 2. The number of hydrogen-bond donors (Lipinski definition) is 0. The lowest BCUT2D eigenvalue weighted by Crippen LogP contribution is -2.16. The molecular formula is C16H20N2O2. The van der Waals surface area contributed by atoms with Crippen molar-refractivity contribution < 1.29 is 4.74 Å².